The average molecular weight is 170 g/mol. The van der Waals surface area contributed by atoms with E-state index in [-0.39, 0.29) is 0 Å². The minimum atomic E-state index is 0.406. The average Bonchev–Trinajstić information content (AvgIpc) is 2.44. The monoisotopic (exact) mass is 170 g/mol. The van der Waals surface area contributed by atoms with Gasteiger partial charge in [-0.1, -0.05) is 6.42 Å². The number of ether oxygens (including phenoxy) is 1. The number of rotatable bonds is 2. The van der Waals surface area contributed by atoms with Crippen LogP contribution in [0.4, 0.5) is 0 Å². The molecule has 0 spiro atoms. The number of hydrazine groups is 1. The lowest BCUT2D eigenvalue weighted by Crippen LogP contribution is -2.34. The van der Waals surface area contributed by atoms with Gasteiger partial charge in [0.05, 0.1) is 6.61 Å². The summed E-state index contributed by atoms with van der Waals surface area (Å²) in [6, 6.07) is 0. The molecular formula is C9H18N2O. The van der Waals surface area contributed by atoms with E-state index >= 15 is 0 Å². The number of nitrogens with two attached hydrogens (primary N) is 1. The molecule has 1 saturated heterocycles. The van der Waals surface area contributed by atoms with E-state index in [9.17, 15) is 0 Å². The standard InChI is InChI=1S/C9H18N2O/c1-12-7-9-4-2-3-8(9)5-11(10)6-9/h8H,2-7,10H2,1H3. The zero-order valence-electron chi connectivity index (χ0n) is 7.75. The first kappa shape index (κ1) is 8.48. The smallest absolute Gasteiger partial charge is 0.0534 e. The third-order valence-electron chi connectivity index (χ3n) is 3.50. The minimum absolute atomic E-state index is 0.406. The maximum atomic E-state index is 5.82. The third-order valence-corrected chi connectivity index (χ3v) is 3.50. The molecule has 2 rings (SSSR count). The Kier molecular flexibility index (Phi) is 2.10. The van der Waals surface area contributed by atoms with Gasteiger partial charge in [-0.05, 0) is 18.8 Å². The Hall–Kier alpha value is -0.120. The quantitative estimate of drug-likeness (QED) is 0.617. The molecule has 1 aliphatic carbocycles. The van der Waals surface area contributed by atoms with E-state index in [4.69, 9.17) is 10.6 Å². The summed E-state index contributed by atoms with van der Waals surface area (Å²) in [5.74, 6) is 6.61. The van der Waals surface area contributed by atoms with E-state index < -0.39 is 0 Å². The summed E-state index contributed by atoms with van der Waals surface area (Å²) in [5.41, 5.74) is 0.406. The Bertz CT molecular complexity index is 174. The van der Waals surface area contributed by atoms with Gasteiger partial charge in [-0.25, -0.2) is 5.01 Å². The highest BCUT2D eigenvalue weighted by Crippen LogP contribution is 2.47. The predicted molar refractivity (Wildman–Crippen MR) is 47.4 cm³/mol. The Labute approximate surface area is 73.8 Å². The highest BCUT2D eigenvalue weighted by Gasteiger charge is 2.48. The van der Waals surface area contributed by atoms with Crippen molar-refractivity contribution in [3.63, 3.8) is 0 Å². The van der Waals surface area contributed by atoms with Gasteiger partial charge in [0.25, 0.3) is 0 Å². The van der Waals surface area contributed by atoms with Gasteiger partial charge in [0, 0.05) is 25.6 Å². The van der Waals surface area contributed by atoms with Gasteiger partial charge in [-0.2, -0.15) is 0 Å². The van der Waals surface area contributed by atoms with Crippen molar-refractivity contribution in [2.75, 3.05) is 26.8 Å². The molecule has 0 aromatic carbocycles. The maximum Gasteiger partial charge on any atom is 0.0534 e. The minimum Gasteiger partial charge on any atom is -0.384 e. The molecule has 2 fully saturated rings. The first-order valence-electron chi connectivity index (χ1n) is 4.75. The van der Waals surface area contributed by atoms with E-state index in [2.05, 4.69) is 0 Å². The third kappa shape index (κ3) is 1.16. The van der Waals surface area contributed by atoms with Crippen LogP contribution in [0.5, 0.6) is 0 Å². The van der Waals surface area contributed by atoms with Crippen molar-refractivity contribution < 1.29 is 4.74 Å². The van der Waals surface area contributed by atoms with Crippen molar-refractivity contribution >= 4 is 0 Å². The van der Waals surface area contributed by atoms with Gasteiger partial charge in [-0.15, -0.1) is 0 Å². The van der Waals surface area contributed by atoms with Crippen LogP contribution in [0.1, 0.15) is 19.3 Å². The lowest BCUT2D eigenvalue weighted by atomic mass is 9.82. The van der Waals surface area contributed by atoms with Crippen LogP contribution in [0.25, 0.3) is 0 Å². The second-order valence-electron chi connectivity index (χ2n) is 4.31. The number of nitrogens with zero attached hydrogens (tertiary/aromatic N) is 1. The Balaban J connectivity index is 2.09. The Morgan fingerprint density at radius 1 is 1.67 bits per heavy atom. The SMILES string of the molecule is COCC12CCCC1CN(N)C2. The van der Waals surface area contributed by atoms with Crippen LogP contribution in [-0.2, 0) is 4.74 Å². The summed E-state index contributed by atoms with van der Waals surface area (Å²) in [6.45, 7) is 3.00. The highest BCUT2D eigenvalue weighted by atomic mass is 16.5. The van der Waals surface area contributed by atoms with Crippen LogP contribution < -0.4 is 5.84 Å². The Morgan fingerprint density at radius 3 is 3.25 bits per heavy atom. The van der Waals surface area contributed by atoms with E-state index in [1.165, 1.54) is 19.3 Å². The largest absolute Gasteiger partial charge is 0.384 e. The Morgan fingerprint density at radius 2 is 2.50 bits per heavy atom. The molecular weight excluding hydrogens is 152 g/mol. The van der Waals surface area contributed by atoms with Gasteiger partial charge < -0.3 is 4.74 Å². The van der Waals surface area contributed by atoms with E-state index in [1.807, 2.05) is 5.01 Å². The van der Waals surface area contributed by atoms with Gasteiger partial charge in [0.15, 0.2) is 0 Å². The second-order valence-corrected chi connectivity index (χ2v) is 4.31. The van der Waals surface area contributed by atoms with Crippen LogP contribution in [0, 0.1) is 11.3 Å². The predicted octanol–water partition coefficient (Wildman–Crippen LogP) is 0.609. The number of fused-ring (bicyclic) bond motifs is 1. The molecule has 12 heavy (non-hydrogen) atoms. The fraction of sp³-hybridized carbons (Fsp3) is 1.00. The molecule has 1 aliphatic heterocycles. The molecule has 2 N–H and O–H groups in total. The lowest BCUT2D eigenvalue weighted by molar-refractivity contribution is 0.0704. The van der Waals surface area contributed by atoms with Crippen LogP contribution in [0.3, 0.4) is 0 Å². The summed E-state index contributed by atoms with van der Waals surface area (Å²) in [7, 11) is 1.79. The van der Waals surface area contributed by atoms with Gasteiger partial charge in [0.1, 0.15) is 0 Å². The fourth-order valence-electron chi connectivity index (χ4n) is 2.98. The molecule has 0 aromatic rings. The van der Waals surface area contributed by atoms with E-state index in [0.717, 1.165) is 25.6 Å². The van der Waals surface area contributed by atoms with Gasteiger partial charge in [-0.3, -0.25) is 5.84 Å². The lowest BCUT2D eigenvalue weighted by Gasteiger charge is -2.27. The van der Waals surface area contributed by atoms with E-state index in [1.54, 1.807) is 7.11 Å². The zero-order chi connectivity index (χ0) is 8.60. The first-order chi connectivity index (χ1) is 5.77. The van der Waals surface area contributed by atoms with Crippen molar-refractivity contribution in [2.45, 2.75) is 19.3 Å². The number of hydrogen-bond acceptors (Lipinski definition) is 3. The molecule has 70 valence electrons. The normalized spacial score (nSPS) is 42.0. The van der Waals surface area contributed by atoms with Crippen molar-refractivity contribution in [1.29, 1.82) is 0 Å². The first-order valence-corrected chi connectivity index (χ1v) is 4.75. The summed E-state index contributed by atoms with van der Waals surface area (Å²) in [6.07, 6.45) is 4.01. The van der Waals surface area contributed by atoms with Crippen LogP contribution in [-0.4, -0.2) is 31.8 Å². The zero-order valence-corrected chi connectivity index (χ0v) is 7.75. The molecule has 3 heteroatoms. The van der Waals surface area contributed by atoms with Crippen molar-refractivity contribution in [2.24, 2.45) is 17.2 Å². The molecule has 0 aromatic heterocycles. The topological polar surface area (TPSA) is 38.5 Å². The fourth-order valence-corrected chi connectivity index (χ4v) is 2.98. The van der Waals surface area contributed by atoms with Crippen LogP contribution in [0.2, 0.25) is 0 Å². The molecule has 2 unspecified atom stereocenters. The number of hydrogen-bond donors (Lipinski definition) is 1. The summed E-state index contributed by atoms with van der Waals surface area (Å²) in [5, 5.41) is 1.96. The van der Waals surface area contributed by atoms with Crippen LogP contribution in [0.15, 0.2) is 0 Å². The summed E-state index contributed by atoms with van der Waals surface area (Å²) >= 11 is 0. The molecule has 0 radical (unpaired) electrons. The summed E-state index contributed by atoms with van der Waals surface area (Å²) < 4.78 is 5.30. The molecule has 1 saturated carbocycles. The van der Waals surface area contributed by atoms with Crippen molar-refractivity contribution in [3.8, 4) is 0 Å². The molecule has 2 aliphatic rings. The van der Waals surface area contributed by atoms with Crippen molar-refractivity contribution in [1.82, 2.24) is 5.01 Å². The highest BCUT2D eigenvalue weighted by molar-refractivity contribution is 4.99. The molecule has 1 heterocycles. The second kappa shape index (κ2) is 2.98. The maximum absolute atomic E-state index is 5.82. The van der Waals surface area contributed by atoms with E-state index in [0.29, 0.717) is 5.41 Å². The molecule has 2 atom stereocenters. The molecule has 3 nitrogen and oxygen atoms in total. The van der Waals surface area contributed by atoms with Gasteiger partial charge >= 0.3 is 0 Å². The number of methoxy groups -OCH3 is 1. The summed E-state index contributed by atoms with van der Waals surface area (Å²) in [4.78, 5) is 0. The van der Waals surface area contributed by atoms with Crippen LogP contribution >= 0.6 is 0 Å². The molecule has 0 amide bonds. The molecule has 0 bridgehead atoms. The van der Waals surface area contributed by atoms with Crippen molar-refractivity contribution in [3.05, 3.63) is 0 Å². The van der Waals surface area contributed by atoms with Gasteiger partial charge in [0.2, 0.25) is 0 Å².